The van der Waals surface area contributed by atoms with Gasteiger partial charge in [-0.1, -0.05) is 56.5 Å². The van der Waals surface area contributed by atoms with Crippen molar-refractivity contribution in [2.45, 2.75) is 57.9 Å². The highest BCUT2D eigenvalue weighted by Gasteiger charge is 2.15. The highest BCUT2D eigenvalue weighted by molar-refractivity contribution is 5.26. The maximum Gasteiger partial charge on any atom is 0.254 e. The lowest BCUT2D eigenvalue weighted by molar-refractivity contribution is 0.443. The second-order valence-corrected chi connectivity index (χ2v) is 6.40. The van der Waals surface area contributed by atoms with E-state index >= 15 is 0 Å². The largest absolute Gasteiger partial charge is 0.311 e. The van der Waals surface area contributed by atoms with E-state index in [1.807, 2.05) is 29.8 Å². The van der Waals surface area contributed by atoms with Gasteiger partial charge in [0.05, 0.1) is 6.54 Å². The molecule has 3 rings (SSSR count). The molecule has 1 fully saturated rings. The zero-order valence-electron chi connectivity index (χ0n) is 13.4. The molecule has 0 unspecified atom stereocenters. The lowest BCUT2D eigenvalue weighted by Gasteiger charge is -2.22. The fourth-order valence-electron chi connectivity index (χ4n) is 3.51. The molecule has 1 aromatic heterocycles. The van der Waals surface area contributed by atoms with Gasteiger partial charge >= 0.3 is 0 Å². The molecule has 1 saturated carbocycles. The Labute approximate surface area is 132 Å². The van der Waals surface area contributed by atoms with Gasteiger partial charge in [-0.05, 0) is 42.4 Å². The van der Waals surface area contributed by atoms with E-state index in [0.29, 0.717) is 6.54 Å². The number of hydrogen-bond donors (Lipinski definition) is 0. The van der Waals surface area contributed by atoms with Crippen molar-refractivity contribution in [3.05, 3.63) is 69.6 Å². The lowest BCUT2D eigenvalue weighted by Crippen LogP contribution is -2.23. The molecule has 0 radical (unpaired) electrons. The Morgan fingerprint density at radius 2 is 1.77 bits per heavy atom. The predicted octanol–water partition coefficient (Wildman–Crippen LogP) is 4.51. The fraction of sp³-hybridized carbons (Fsp3) is 0.450. The van der Waals surface area contributed by atoms with Crippen molar-refractivity contribution in [3.8, 4) is 0 Å². The average Bonchev–Trinajstić information content (AvgIpc) is 2.58. The predicted molar refractivity (Wildman–Crippen MR) is 91.5 cm³/mol. The molecule has 0 atom stereocenters. The van der Waals surface area contributed by atoms with Crippen LogP contribution in [-0.4, -0.2) is 4.57 Å². The van der Waals surface area contributed by atoms with Gasteiger partial charge in [-0.3, -0.25) is 4.79 Å². The minimum atomic E-state index is 0.140. The molecule has 2 heteroatoms. The third-order valence-corrected chi connectivity index (χ3v) is 4.89. The van der Waals surface area contributed by atoms with E-state index in [1.54, 1.807) is 0 Å². The van der Waals surface area contributed by atoms with Crippen LogP contribution in [0.15, 0.2) is 47.4 Å². The number of nitrogens with zero attached hydrogens (tertiary/aromatic N) is 1. The van der Waals surface area contributed by atoms with Gasteiger partial charge < -0.3 is 4.57 Å². The molecule has 0 amide bonds. The van der Waals surface area contributed by atoms with Crippen molar-refractivity contribution in [1.82, 2.24) is 4.57 Å². The first-order valence-corrected chi connectivity index (χ1v) is 8.55. The summed E-state index contributed by atoms with van der Waals surface area (Å²) in [6.07, 6.45) is 9.47. The van der Waals surface area contributed by atoms with Crippen LogP contribution in [0.25, 0.3) is 0 Å². The Hall–Kier alpha value is -1.83. The van der Waals surface area contributed by atoms with Gasteiger partial charge in [-0.15, -0.1) is 0 Å². The van der Waals surface area contributed by atoms with Crippen molar-refractivity contribution in [1.29, 1.82) is 0 Å². The molecule has 0 spiro atoms. The van der Waals surface area contributed by atoms with E-state index in [9.17, 15) is 4.79 Å². The molecule has 116 valence electrons. The van der Waals surface area contributed by atoms with Crippen molar-refractivity contribution in [2.75, 3.05) is 0 Å². The van der Waals surface area contributed by atoms with Crippen LogP contribution in [0.5, 0.6) is 0 Å². The van der Waals surface area contributed by atoms with Gasteiger partial charge in [0.25, 0.3) is 5.56 Å². The van der Waals surface area contributed by atoms with Gasteiger partial charge in [0, 0.05) is 11.8 Å². The van der Waals surface area contributed by atoms with E-state index in [4.69, 9.17) is 0 Å². The molecule has 22 heavy (non-hydrogen) atoms. The highest BCUT2D eigenvalue weighted by atomic mass is 16.1. The Morgan fingerprint density at radius 1 is 1.05 bits per heavy atom. The quantitative estimate of drug-likeness (QED) is 0.813. The lowest BCUT2D eigenvalue weighted by atomic mass is 9.84. The molecule has 1 aromatic carbocycles. The first-order chi connectivity index (χ1) is 10.8. The first kappa shape index (κ1) is 15.1. The maximum absolute atomic E-state index is 12.3. The topological polar surface area (TPSA) is 22.0 Å². The SMILES string of the molecule is CCc1cccn(Cc2ccc(C3CCCCC3)cc2)c1=O. The molecule has 0 N–H and O–H groups in total. The Balaban J connectivity index is 1.75. The van der Waals surface area contributed by atoms with Crippen LogP contribution in [0.1, 0.15) is 61.6 Å². The van der Waals surface area contributed by atoms with E-state index < -0.39 is 0 Å². The van der Waals surface area contributed by atoms with E-state index in [0.717, 1.165) is 17.9 Å². The van der Waals surface area contributed by atoms with Crippen molar-refractivity contribution >= 4 is 0 Å². The Kier molecular flexibility index (Phi) is 4.77. The van der Waals surface area contributed by atoms with Crippen LogP contribution in [0, 0.1) is 0 Å². The first-order valence-electron chi connectivity index (χ1n) is 8.55. The van der Waals surface area contributed by atoms with Gasteiger partial charge in [0.1, 0.15) is 0 Å². The summed E-state index contributed by atoms with van der Waals surface area (Å²) >= 11 is 0. The maximum atomic E-state index is 12.3. The molecule has 0 aliphatic heterocycles. The molecule has 2 aromatic rings. The van der Waals surface area contributed by atoms with E-state index in [2.05, 4.69) is 24.3 Å². The Morgan fingerprint density at radius 3 is 2.45 bits per heavy atom. The minimum absolute atomic E-state index is 0.140. The molecular formula is C20H25NO. The molecule has 0 bridgehead atoms. The standard InChI is InChI=1S/C20H25NO/c1-2-17-9-6-14-21(20(17)22)15-16-10-12-19(13-11-16)18-7-4-3-5-8-18/h6,9-14,18H,2-5,7-8,15H2,1H3. The summed E-state index contributed by atoms with van der Waals surface area (Å²) < 4.78 is 1.81. The van der Waals surface area contributed by atoms with Gasteiger partial charge in [0.15, 0.2) is 0 Å². The second kappa shape index (κ2) is 6.95. The van der Waals surface area contributed by atoms with Crippen LogP contribution in [0.2, 0.25) is 0 Å². The van der Waals surface area contributed by atoms with Crippen LogP contribution in [0.3, 0.4) is 0 Å². The number of pyridine rings is 1. The third-order valence-electron chi connectivity index (χ3n) is 4.89. The monoisotopic (exact) mass is 295 g/mol. The number of rotatable bonds is 4. The summed E-state index contributed by atoms with van der Waals surface area (Å²) in [5.74, 6) is 0.744. The van der Waals surface area contributed by atoms with Crippen molar-refractivity contribution in [2.24, 2.45) is 0 Å². The normalized spacial score (nSPS) is 15.9. The van der Waals surface area contributed by atoms with Gasteiger partial charge in [-0.25, -0.2) is 0 Å². The highest BCUT2D eigenvalue weighted by Crippen LogP contribution is 2.32. The molecule has 1 aliphatic carbocycles. The molecule has 1 aliphatic rings. The van der Waals surface area contributed by atoms with Crippen LogP contribution < -0.4 is 5.56 Å². The van der Waals surface area contributed by atoms with Crippen LogP contribution in [0.4, 0.5) is 0 Å². The number of aromatic nitrogens is 1. The zero-order chi connectivity index (χ0) is 15.4. The van der Waals surface area contributed by atoms with Crippen LogP contribution >= 0.6 is 0 Å². The van der Waals surface area contributed by atoms with Crippen molar-refractivity contribution < 1.29 is 0 Å². The zero-order valence-corrected chi connectivity index (χ0v) is 13.4. The Bertz CT molecular complexity index is 663. The van der Waals surface area contributed by atoms with Crippen molar-refractivity contribution in [3.63, 3.8) is 0 Å². The summed E-state index contributed by atoms with van der Waals surface area (Å²) in [6.45, 7) is 2.69. The summed E-state index contributed by atoms with van der Waals surface area (Å²) in [4.78, 5) is 12.3. The third kappa shape index (κ3) is 3.32. The van der Waals surface area contributed by atoms with Gasteiger partial charge in [0.2, 0.25) is 0 Å². The van der Waals surface area contributed by atoms with E-state index in [-0.39, 0.29) is 5.56 Å². The number of benzene rings is 1. The summed E-state index contributed by atoms with van der Waals surface area (Å²) in [5, 5.41) is 0. The van der Waals surface area contributed by atoms with Crippen LogP contribution in [-0.2, 0) is 13.0 Å². The molecule has 1 heterocycles. The summed E-state index contributed by atoms with van der Waals surface area (Å²) in [5.41, 5.74) is 3.70. The summed E-state index contributed by atoms with van der Waals surface area (Å²) in [6, 6.07) is 12.8. The number of hydrogen-bond acceptors (Lipinski definition) is 1. The molecular weight excluding hydrogens is 270 g/mol. The fourth-order valence-corrected chi connectivity index (χ4v) is 3.51. The molecule has 2 nitrogen and oxygen atoms in total. The summed E-state index contributed by atoms with van der Waals surface area (Å²) in [7, 11) is 0. The second-order valence-electron chi connectivity index (χ2n) is 6.40. The van der Waals surface area contributed by atoms with E-state index in [1.165, 1.54) is 43.2 Å². The minimum Gasteiger partial charge on any atom is -0.311 e. The average molecular weight is 295 g/mol. The smallest absolute Gasteiger partial charge is 0.254 e. The molecule has 0 saturated heterocycles. The number of aryl methyl sites for hydroxylation is 1. The van der Waals surface area contributed by atoms with Gasteiger partial charge in [-0.2, -0.15) is 0 Å².